The van der Waals surface area contributed by atoms with Gasteiger partial charge < -0.3 is 4.52 Å². The summed E-state index contributed by atoms with van der Waals surface area (Å²) >= 11 is 16.0. The molecule has 26 heavy (non-hydrogen) atoms. The summed E-state index contributed by atoms with van der Waals surface area (Å²) in [4.78, 5) is 17.1. The van der Waals surface area contributed by atoms with Crippen LogP contribution in [0.3, 0.4) is 0 Å². The molecule has 2 aromatic heterocycles. The summed E-state index contributed by atoms with van der Waals surface area (Å²) in [6.07, 6.45) is 3.51. The molecule has 2 heterocycles. The Morgan fingerprint density at radius 1 is 1.15 bits per heavy atom. The topological polar surface area (TPSA) is 60.9 Å². The normalized spacial score (nSPS) is 11.2. The van der Waals surface area contributed by atoms with Crippen LogP contribution in [-0.2, 0) is 6.42 Å². The molecule has 5 nitrogen and oxygen atoms in total. The monoisotopic (exact) mass is 449 g/mol. The van der Waals surface area contributed by atoms with Gasteiger partial charge in [-0.15, -0.1) is 0 Å². The molecule has 0 spiro atoms. The molecule has 0 saturated heterocycles. The molecular formula is C18H10BrCl2N3O2. The zero-order valence-corrected chi connectivity index (χ0v) is 16.2. The van der Waals surface area contributed by atoms with E-state index in [-0.39, 0.29) is 0 Å². The first-order chi connectivity index (χ1) is 12.5. The van der Waals surface area contributed by atoms with Crippen molar-refractivity contribution < 1.29 is 4.52 Å². The summed E-state index contributed by atoms with van der Waals surface area (Å²) in [7, 11) is 0. The van der Waals surface area contributed by atoms with Crippen molar-refractivity contribution >= 4 is 50.0 Å². The fraction of sp³-hybridized carbons (Fsp3) is 0.0556. The third kappa shape index (κ3) is 3.05. The summed E-state index contributed by atoms with van der Waals surface area (Å²) < 4.78 is 7.03. The molecular weight excluding hydrogens is 441 g/mol. The minimum absolute atomic E-state index is 0.399. The highest BCUT2D eigenvalue weighted by Gasteiger charge is 2.16. The fourth-order valence-corrected chi connectivity index (χ4v) is 3.50. The molecule has 0 saturated carbocycles. The molecule has 0 bridgehead atoms. The van der Waals surface area contributed by atoms with E-state index in [9.17, 15) is 4.79 Å². The zero-order chi connectivity index (χ0) is 18.3. The maximum Gasteiger partial charge on any atom is 0.352 e. The minimum Gasteiger partial charge on any atom is -0.364 e. The van der Waals surface area contributed by atoms with Gasteiger partial charge in [0.05, 0.1) is 33.1 Å². The molecule has 0 unspecified atom stereocenters. The molecule has 0 aliphatic heterocycles. The molecule has 2 aromatic carbocycles. The molecule has 8 heteroatoms. The van der Waals surface area contributed by atoms with E-state index < -0.39 is 5.69 Å². The molecule has 0 aliphatic rings. The molecule has 0 amide bonds. The second-order valence-electron chi connectivity index (χ2n) is 5.62. The van der Waals surface area contributed by atoms with Gasteiger partial charge in [-0.3, -0.25) is 4.57 Å². The van der Waals surface area contributed by atoms with Crippen molar-refractivity contribution in [1.82, 2.24) is 14.7 Å². The number of halogens is 3. The lowest BCUT2D eigenvalue weighted by Gasteiger charge is -2.14. The summed E-state index contributed by atoms with van der Waals surface area (Å²) in [5.74, 6) is 0. The molecule has 0 aliphatic carbocycles. The van der Waals surface area contributed by atoms with E-state index in [1.54, 1.807) is 36.5 Å². The van der Waals surface area contributed by atoms with Gasteiger partial charge in [-0.25, -0.2) is 4.79 Å². The van der Waals surface area contributed by atoms with Crippen LogP contribution in [0.4, 0.5) is 0 Å². The molecule has 130 valence electrons. The Labute approximate surface area is 166 Å². The van der Waals surface area contributed by atoms with Gasteiger partial charge in [-0.1, -0.05) is 40.5 Å². The highest BCUT2D eigenvalue weighted by atomic mass is 79.9. The predicted octanol–water partition coefficient (Wildman–Crippen LogP) is 5.03. The first kappa shape index (κ1) is 17.3. The standard InChI is InChI=1S/C18H10BrCl2N3O2/c19-12-7-17-11(6-14(12)21)15(5-10-8-22-26-9-10)23-18(25)24(17)16-4-2-1-3-13(16)20/h1-4,6-9H,5H2. The van der Waals surface area contributed by atoms with Crippen LogP contribution in [0.1, 0.15) is 11.3 Å². The number of benzene rings is 2. The Bertz CT molecular complexity index is 1170. The number of nitrogens with zero attached hydrogens (tertiary/aromatic N) is 3. The van der Waals surface area contributed by atoms with E-state index in [1.165, 1.54) is 10.8 Å². The quantitative estimate of drug-likeness (QED) is 0.439. The van der Waals surface area contributed by atoms with Gasteiger partial charge >= 0.3 is 5.69 Å². The van der Waals surface area contributed by atoms with E-state index in [2.05, 4.69) is 26.1 Å². The van der Waals surface area contributed by atoms with E-state index in [0.29, 0.717) is 37.8 Å². The molecule has 0 radical (unpaired) electrons. The molecule has 0 atom stereocenters. The van der Waals surface area contributed by atoms with Crippen LogP contribution in [0.25, 0.3) is 16.6 Å². The average molecular weight is 451 g/mol. The highest BCUT2D eigenvalue weighted by Crippen LogP contribution is 2.31. The Balaban J connectivity index is 2.05. The van der Waals surface area contributed by atoms with Gasteiger partial charge in [-0.05, 0) is 40.2 Å². The van der Waals surface area contributed by atoms with Gasteiger partial charge in [0.15, 0.2) is 0 Å². The Morgan fingerprint density at radius 3 is 2.69 bits per heavy atom. The van der Waals surface area contributed by atoms with Gasteiger partial charge in [-0.2, -0.15) is 4.98 Å². The van der Waals surface area contributed by atoms with Gasteiger partial charge in [0.25, 0.3) is 0 Å². The lowest BCUT2D eigenvalue weighted by atomic mass is 10.1. The summed E-state index contributed by atoms with van der Waals surface area (Å²) in [6.45, 7) is 0. The largest absolute Gasteiger partial charge is 0.364 e. The molecule has 4 rings (SSSR count). The van der Waals surface area contributed by atoms with Crippen LogP contribution in [0, 0.1) is 0 Å². The minimum atomic E-state index is -0.425. The first-order valence-corrected chi connectivity index (χ1v) is 9.13. The lowest BCUT2D eigenvalue weighted by molar-refractivity contribution is 0.419. The zero-order valence-electron chi connectivity index (χ0n) is 13.1. The van der Waals surface area contributed by atoms with Crippen LogP contribution < -0.4 is 5.69 Å². The number of hydrogen-bond donors (Lipinski definition) is 0. The summed E-state index contributed by atoms with van der Waals surface area (Å²) in [6, 6.07) is 10.7. The SMILES string of the molecule is O=c1nc(Cc2cnoc2)c2cc(Cl)c(Br)cc2n1-c1ccccc1Cl. The Hall–Kier alpha value is -2.15. The number of aromatic nitrogens is 3. The summed E-state index contributed by atoms with van der Waals surface area (Å²) in [5, 5.41) is 5.42. The van der Waals surface area contributed by atoms with Gasteiger partial charge in [0, 0.05) is 21.8 Å². The average Bonchev–Trinajstić information content (AvgIpc) is 3.11. The number of fused-ring (bicyclic) bond motifs is 1. The van der Waals surface area contributed by atoms with Crippen LogP contribution in [0.2, 0.25) is 10.0 Å². The van der Waals surface area contributed by atoms with Crippen molar-refractivity contribution in [3.63, 3.8) is 0 Å². The van der Waals surface area contributed by atoms with Crippen molar-refractivity contribution in [2.75, 3.05) is 0 Å². The number of para-hydroxylation sites is 1. The fourth-order valence-electron chi connectivity index (χ4n) is 2.79. The molecule has 4 aromatic rings. The van der Waals surface area contributed by atoms with Crippen LogP contribution in [0.15, 0.2) is 62.6 Å². The lowest BCUT2D eigenvalue weighted by Crippen LogP contribution is -2.24. The van der Waals surface area contributed by atoms with Gasteiger partial charge in [0.2, 0.25) is 0 Å². The second-order valence-corrected chi connectivity index (χ2v) is 7.29. The highest BCUT2D eigenvalue weighted by molar-refractivity contribution is 9.10. The smallest absolute Gasteiger partial charge is 0.352 e. The first-order valence-electron chi connectivity index (χ1n) is 7.58. The van der Waals surface area contributed by atoms with E-state index in [0.717, 1.165) is 10.9 Å². The van der Waals surface area contributed by atoms with E-state index >= 15 is 0 Å². The van der Waals surface area contributed by atoms with Crippen LogP contribution >= 0.6 is 39.1 Å². The summed E-state index contributed by atoms with van der Waals surface area (Å²) in [5.41, 5.74) is 2.19. The van der Waals surface area contributed by atoms with Crippen molar-refractivity contribution in [3.05, 3.63) is 85.1 Å². The maximum atomic E-state index is 12.8. The second kappa shape index (κ2) is 6.87. The van der Waals surface area contributed by atoms with Gasteiger partial charge in [0.1, 0.15) is 6.26 Å². The third-order valence-electron chi connectivity index (χ3n) is 3.96. The van der Waals surface area contributed by atoms with Crippen molar-refractivity contribution in [2.45, 2.75) is 6.42 Å². The number of hydrogen-bond acceptors (Lipinski definition) is 4. The Kier molecular flexibility index (Phi) is 4.56. The molecule has 0 N–H and O–H groups in total. The molecule has 0 fully saturated rings. The predicted molar refractivity (Wildman–Crippen MR) is 104 cm³/mol. The van der Waals surface area contributed by atoms with E-state index in [1.807, 2.05) is 6.07 Å². The number of rotatable bonds is 3. The van der Waals surface area contributed by atoms with Crippen LogP contribution in [-0.4, -0.2) is 14.7 Å². The third-order valence-corrected chi connectivity index (χ3v) is 5.48. The van der Waals surface area contributed by atoms with E-state index in [4.69, 9.17) is 27.7 Å². The maximum absolute atomic E-state index is 12.8. The van der Waals surface area contributed by atoms with Crippen molar-refractivity contribution in [1.29, 1.82) is 0 Å². The Morgan fingerprint density at radius 2 is 1.96 bits per heavy atom. The van der Waals surface area contributed by atoms with Crippen molar-refractivity contribution in [3.8, 4) is 5.69 Å². The van der Waals surface area contributed by atoms with Crippen molar-refractivity contribution in [2.24, 2.45) is 0 Å². The van der Waals surface area contributed by atoms with Crippen LogP contribution in [0.5, 0.6) is 0 Å².